The normalized spacial score (nSPS) is 27.4. The third kappa shape index (κ3) is 1.93. The van der Waals surface area contributed by atoms with Crippen LogP contribution in [0.4, 0.5) is 4.39 Å². The molecule has 3 nitrogen and oxygen atoms in total. The molecule has 0 unspecified atom stereocenters. The first-order chi connectivity index (χ1) is 7.98. The van der Waals surface area contributed by atoms with Gasteiger partial charge in [-0.05, 0) is 43.0 Å². The molecule has 0 aliphatic heterocycles. The predicted molar refractivity (Wildman–Crippen MR) is 62.0 cm³/mol. The standard InChI is InChI=1S/C13H16FNO2/c1-8-3-9(5-10(14)4-8)13(12(16)17-2)6-11(15)7-13/h3-5,11H,6-7,15H2,1-2H3. The van der Waals surface area contributed by atoms with Crippen LogP contribution in [0.5, 0.6) is 0 Å². The summed E-state index contributed by atoms with van der Waals surface area (Å²) in [5, 5.41) is 0. The summed E-state index contributed by atoms with van der Waals surface area (Å²) in [6.07, 6.45) is 1.03. The molecule has 0 saturated heterocycles. The summed E-state index contributed by atoms with van der Waals surface area (Å²) in [4.78, 5) is 11.9. The molecule has 0 aromatic heterocycles. The Kier molecular flexibility index (Phi) is 2.91. The van der Waals surface area contributed by atoms with Crippen LogP contribution in [0.1, 0.15) is 24.0 Å². The lowest BCUT2D eigenvalue weighted by Crippen LogP contribution is -2.54. The highest BCUT2D eigenvalue weighted by Gasteiger charge is 2.51. The molecule has 1 aromatic rings. The van der Waals surface area contributed by atoms with Gasteiger partial charge in [-0.15, -0.1) is 0 Å². The third-order valence-corrected chi connectivity index (χ3v) is 3.39. The van der Waals surface area contributed by atoms with Crippen molar-refractivity contribution in [3.8, 4) is 0 Å². The first kappa shape index (κ1) is 12.0. The molecule has 1 saturated carbocycles. The Morgan fingerprint density at radius 3 is 2.59 bits per heavy atom. The number of benzene rings is 1. The van der Waals surface area contributed by atoms with Crippen LogP contribution in [0, 0.1) is 12.7 Å². The van der Waals surface area contributed by atoms with E-state index in [1.165, 1.54) is 19.2 Å². The fraction of sp³-hybridized carbons (Fsp3) is 0.462. The molecule has 0 radical (unpaired) electrons. The van der Waals surface area contributed by atoms with Gasteiger partial charge in [0.2, 0.25) is 0 Å². The van der Waals surface area contributed by atoms with E-state index >= 15 is 0 Å². The molecule has 0 heterocycles. The van der Waals surface area contributed by atoms with Crippen LogP contribution in [0.3, 0.4) is 0 Å². The molecule has 2 N–H and O–H groups in total. The predicted octanol–water partition coefficient (Wildman–Crippen LogP) is 1.67. The van der Waals surface area contributed by atoms with Crippen molar-refractivity contribution in [2.75, 3.05) is 7.11 Å². The van der Waals surface area contributed by atoms with Gasteiger partial charge in [0.05, 0.1) is 12.5 Å². The number of aryl methyl sites for hydroxylation is 1. The number of ether oxygens (including phenoxy) is 1. The van der Waals surface area contributed by atoms with Crippen molar-refractivity contribution in [3.63, 3.8) is 0 Å². The zero-order valence-electron chi connectivity index (χ0n) is 10.00. The summed E-state index contributed by atoms with van der Waals surface area (Å²) in [6.45, 7) is 1.80. The second-order valence-electron chi connectivity index (χ2n) is 4.76. The van der Waals surface area contributed by atoms with Crippen LogP contribution in [-0.2, 0) is 14.9 Å². The maximum absolute atomic E-state index is 13.4. The average Bonchev–Trinajstić information content (AvgIpc) is 2.22. The lowest BCUT2D eigenvalue weighted by atomic mass is 9.61. The summed E-state index contributed by atoms with van der Waals surface area (Å²) in [5.41, 5.74) is 6.47. The number of carbonyl (C=O) groups is 1. The number of hydrogen-bond donors (Lipinski definition) is 1. The van der Waals surface area contributed by atoms with Crippen molar-refractivity contribution in [3.05, 3.63) is 35.1 Å². The molecule has 0 spiro atoms. The van der Waals surface area contributed by atoms with E-state index in [0.717, 1.165) is 5.56 Å². The number of esters is 1. The van der Waals surface area contributed by atoms with Crippen LogP contribution < -0.4 is 5.73 Å². The highest BCUT2D eigenvalue weighted by Crippen LogP contribution is 2.44. The molecular formula is C13H16FNO2. The maximum atomic E-state index is 13.4. The minimum Gasteiger partial charge on any atom is -0.468 e. The Morgan fingerprint density at radius 2 is 2.12 bits per heavy atom. The zero-order valence-corrected chi connectivity index (χ0v) is 10.00. The van der Waals surface area contributed by atoms with Crippen LogP contribution in [0.25, 0.3) is 0 Å². The average molecular weight is 237 g/mol. The summed E-state index contributed by atoms with van der Waals surface area (Å²) in [5.74, 6) is -0.659. The van der Waals surface area contributed by atoms with Crippen LogP contribution in [0.15, 0.2) is 18.2 Å². The molecule has 1 aliphatic carbocycles. The van der Waals surface area contributed by atoms with Crippen LogP contribution >= 0.6 is 0 Å². The van der Waals surface area contributed by atoms with Crippen molar-refractivity contribution in [1.29, 1.82) is 0 Å². The second-order valence-corrected chi connectivity index (χ2v) is 4.76. The Balaban J connectivity index is 2.43. The number of hydrogen-bond acceptors (Lipinski definition) is 3. The SMILES string of the molecule is COC(=O)C1(c2cc(C)cc(F)c2)CC(N)C1. The van der Waals surface area contributed by atoms with Gasteiger partial charge in [-0.3, -0.25) is 4.79 Å². The van der Waals surface area contributed by atoms with Gasteiger partial charge in [0, 0.05) is 6.04 Å². The van der Waals surface area contributed by atoms with Crippen molar-refractivity contribution in [2.45, 2.75) is 31.2 Å². The van der Waals surface area contributed by atoms with Gasteiger partial charge < -0.3 is 10.5 Å². The largest absolute Gasteiger partial charge is 0.468 e. The van der Waals surface area contributed by atoms with Gasteiger partial charge in [-0.1, -0.05) is 6.07 Å². The molecule has 1 aromatic carbocycles. The quantitative estimate of drug-likeness (QED) is 0.796. The van der Waals surface area contributed by atoms with Gasteiger partial charge in [-0.25, -0.2) is 4.39 Å². The second kappa shape index (κ2) is 4.11. The number of halogens is 1. The molecule has 17 heavy (non-hydrogen) atoms. The molecule has 0 atom stereocenters. The highest BCUT2D eigenvalue weighted by molar-refractivity contribution is 5.84. The Morgan fingerprint density at radius 1 is 1.47 bits per heavy atom. The van der Waals surface area contributed by atoms with Gasteiger partial charge >= 0.3 is 5.97 Å². The number of carbonyl (C=O) groups excluding carboxylic acids is 1. The summed E-state index contributed by atoms with van der Waals surface area (Å²) < 4.78 is 18.2. The van der Waals surface area contributed by atoms with Crippen molar-refractivity contribution in [2.24, 2.45) is 5.73 Å². The molecule has 4 heteroatoms. The fourth-order valence-corrected chi connectivity index (χ4v) is 2.56. The summed E-state index contributed by atoms with van der Waals surface area (Å²) in [6, 6.07) is 4.65. The van der Waals surface area contributed by atoms with E-state index in [1.807, 2.05) is 6.07 Å². The van der Waals surface area contributed by atoms with Gasteiger partial charge in [0.15, 0.2) is 0 Å². The highest BCUT2D eigenvalue weighted by atomic mass is 19.1. The molecule has 1 fully saturated rings. The maximum Gasteiger partial charge on any atom is 0.316 e. The molecular weight excluding hydrogens is 221 g/mol. The van der Waals surface area contributed by atoms with Crippen LogP contribution in [-0.4, -0.2) is 19.1 Å². The van der Waals surface area contributed by atoms with Crippen molar-refractivity contribution in [1.82, 2.24) is 0 Å². The van der Waals surface area contributed by atoms with Gasteiger partial charge in [0.1, 0.15) is 5.82 Å². The molecule has 2 rings (SSSR count). The van der Waals surface area contributed by atoms with E-state index < -0.39 is 5.41 Å². The molecule has 0 bridgehead atoms. The van der Waals surface area contributed by atoms with Gasteiger partial charge in [-0.2, -0.15) is 0 Å². The number of rotatable bonds is 2. The number of methoxy groups -OCH3 is 1. The topological polar surface area (TPSA) is 52.3 Å². The van der Waals surface area contributed by atoms with E-state index in [-0.39, 0.29) is 17.8 Å². The Labute approximate surface area is 99.8 Å². The summed E-state index contributed by atoms with van der Waals surface area (Å²) >= 11 is 0. The Bertz CT molecular complexity index is 432. The van der Waals surface area contributed by atoms with Crippen LogP contribution in [0.2, 0.25) is 0 Å². The molecule has 1 aliphatic rings. The summed E-state index contributed by atoms with van der Waals surface area (Å²) in [7, 11) is 1.35. The van der Waals surface area contributed by atoms with Gasteiger partial charge in [0.25, 0.3) is 0 Å². The monoisotopic (exact) mass is 237 g/mol. The molecule has 0 amide bonds. The zero-order chi connectivity index (χ0) is 12.6. The van der Waals surface area contributed by atoms with E-state index in [9.17, 15) is 9.18 Å². The molecule has 92 valence electrons. The minimum absolute atomic E-state index is 0.0160. The lowest BCUT2D eigenvalue weighted by molar-refractivity contribution is -0.152. The lowest BCUT2D eigenvalue weighted by Gasteiger charge is -2.44. The van der Waals surface area contributed by atoms with Crippen molar-refractivity contribution < 1.29 is 13.9 Å². The fourth-order valence-electron chi connectivity index (χ4n) is 2.56. The van der Waals surface area contributed by atoms with Crippen molar-refractivity contribution >= 4 is 5.97 Å². The van der Waals surface area contributed by atoms with E-state index in [4.69, 9.17) is 10.5 Å². The number of nitrogens with two attached hydrogens (primary N) is 1. The van der Waals surface area contributed by atoms with E-state index in [2.05, 4.69) is 0 Å². The van der Waals surface area contributed by atoms with E-state index in [1.54, 1.807) is 6.92 Å². The first-order valence-electron chi connectivity index (χ1n) is 5.59. The smallest absolute Gasteiger partial charge is 0.316 e. The first-order valence-corrected chi connectivity index (χ1v) is 5.59. The van der Waals surface area contributed by atoms with E-state index in [0.29, 0.717) is 18.4 Å². The minimum atomic E-state index is -0.749. The third-order valence-electron chi connectivity index (χ3n) is 3.39. The Hall–Kier alpha value is -1.42.